The first-order valence-electron chi connectivity index (χ1n) is 7.16. The van der Waals surface area contributed by atoms with Gasteiger partial charge in [-0.1, -0.05) is 22.4 Å². The van der Waals surface area contributed by atoms with Crippen molar-refractivity contribution in [3.63, 3.8) is 0 Å². The summed E-state index contributed by atoms with van der Waals surface area (Å²) >= 11 is 3.38. The molecular weight excluding hydrogens is 350 g/mol. The van der Waals surface area contributed by atoms with E-state index in [1.54, 1.807) is 0 Å². The zero-order chi connectivity index (χ0) is 15.8. The van der Waals surface area contributed by atoms with Gasteiger partial charge in [-0.15, -0.1) is 10.2 Å². The molecule has 2 N–H and O–H groups in total. The minimum atomic E-state index is -0.737. The van der Waals surface area contributed by atoms with Crippen molar-refractivity contribution in [3.05, 3.63) is 34.6 Å². The number of unbranched alkanes of at least 4 members (excludes halogenated alkanes) is 2. The van der Waals surface area contributed by atoms with E-state index < -0.39 is 5.97 Å². The number of halogens is 1. The maximum absolute atomic E-state index is 10.4. The van der Waals surface area contributed by atoms with E-state index in [1.165, 1.54) is 0 Å². The minimum absolute atomic E-state index is 0.236. The van der Waals surface area contributed by atoms with Crippen molar-refractivity contribution in [2.75, 3.05) is 6.54 Å². The molecule has 2 rings (SSSR count). The highest BCUT2D eigenvalue weighted by atomic mass is 79.9. The number of rotatable bonds is 9. The third-order valence-electron chi connectivity index (χ3n) is 3.08. The van der Waals surface area contributed by atoms with Crippen LogP contribution in [-0.2, 0) is 11.3 Å². The second kappa shape index (κ2) is 8.65. The smallest absolute Gasteiger partial charge is 0.303 e. The highest BCUT2D eigenvalue weighted by Crippen LogP contribution is 2.20. The molecule has 7 heteroatoms. The molecule has 0 aliphatic heterocycles. The van der Waals surface area contributed by atoms with E-state index in [2.05, 4.69) is 31.4 Å². The Balaban J connectivity index is 1.69. The molecule has 0 fully saturated rings. The highest BCUT2D eigenvalue weighted by molar-refractivity contribution is 9.10. The fraction of sp³-hybridized carbons (Fsp3) is 0.400. The summed E-state index contributed by atoms with van der Waals surface area (Å²) in [5.74, 6) is 0.313. The van der Waals surface area contributed by atoms with Gasteiger partial charge in [-0.25, -0.2) is 0 Å². The van der Waals surface area contributed by atoms with Gasteiger partial charge in [-0.2, -0.15) is 0 Å². The van der Waals surface area contributed by atoms with Gasteiger partial charge in [0.05, 0.1) is 6.54 Å². The maximum atomic E-state index is 10.4. The largest absolute Gasteiger partial charge is 0.481 e. The Morgan fingerprint density at radius 1 is 1.18 bits per heavy atom. The van der Waals surface area contributed by atoms with Crippen LogP contribution in [0.2, 0.25) is 0 Å². The summed E-state index contributed by atoms with van der Waals surface area (Å²) in [5.41, 5.74) is 0.885. The molecule has 0 bridgehead atoms. The lowest BCUT2D eigenvalue weighted by atomic mass is 10.2. The molecule has 2 aromatic rings. The van der Waals surface area contributed by atoms with Gasteiger partial charge < -0.3 is 14.8 Å². The molecule has 0 aliphatic rings. The van der Waals surface area contributed by atoms with Gasteiger partial charge in [0.25, 0.3) is 0 Å². The molecule has 0 saturated carbocycles. The van der Waals surface area contributed by atoms with Crippen molar-refractivity contribution >= 4 is 21.9 Å². The summed E-state index contributed by atoms with van der Waals surface area (Å²) in [6.45, 7) is 1.32. The molecule has 0 radical (unpaired) electrons. The number of hydrogen-bond donors (Lipinski definition) is 2. The van der Waals surface area contributed by atoms with Crippen LogP contribution in [0.4, 0.5) is 0 Å². The number of carboxylic acids is 1. The molecule has 0 unspecified atom stereocenters. The van der Waals surface area contributed by atoms with Gasteiger partial charge in [0.15, 0.2) is 0 Å². The number of aliphatic carboxylic acids is 1. The van der Waals surface area contributed by atoms with Gasteiger partial charge >= 0.3 is 5.97 Å². The Morgan fingerprint density at radius 2 is 1.95 bits per heavy atom. The van der Waals surface area contributed by atoms with Crippen molar-refractivity contribution in [2.45, 2.75) is 32.2 Å². The predicted octanol–water partition coefficient (Wildman–Crippen LogP) is 3.23. The molecule has 118 valence electrons. The first-order valence-corrected chi connectivity index (χ1v) is 7.95. The molecule has 0 amide bonds. The van der Waals surface area contributed by atoms with Crippen LogP contribution in [0.25, 0.3) is 11.5 Å². The molecule has 6 nitrogen and oxygen atoms in total. The Bertz CT molecular complexity index is 598. The van der Waals surface area contributed by atoms with Gasteiger partial charge in [0.2, 0.25) is 11.8 Å². The molecule has 1 heterocycles. The standard InChI is InChI=1S/C15H18BrN3O3/c16-12-7-5-11(6-8-12)15-19-18-13(22-15)10-17-9-3-1-2-4-14(20)21/h5-8,17H,1-4,9-10H2,(H,20,21). The summed E-state index contributed by atoms with van der Waals surface area (Å²) in [6.07, 6.45) is 2.78. The summed E-state index contributed by atoms with van der Waals surface area (Å²) in [6, 6.07) is 7.68. The number of nitrogens with one attached hydrogen (secondary N) is 1. The molecule has 0 aliphatic carbocycles. The van der Waals surface area contributed by atoms with Crippen molar-refractivity contribution in [3.8, 4) is 11.5 Å². The monoisotopic (exact) mass is 367 g/mol. The van der Waals surface area contributed by atoms with E-state index in [4.69, 9.17) is 9.52 Å². The summed E-state index contributed by atoms with van der Waals surface area (Å²) in [7, 11) is 0. The van der Waals surface area contributed by atoms with Crippen LogP contribution in [0.15, 0.2) is 33.2 Å². The number of carbonyl (C=O) groups is 1. The lowest BCUT2D eigenvalue weighted by molar-refractivity contribution is -0.137. The first kappa shape index (κ1) is 16.6. The van der Waals surface area contributed by atoms with Crippen LogP contribution in [0.1, 0.15) is 31.6 Å². The van der Waals surface area contributed by atoms with E-state index in [0.717, 1.165) is 29.4 Å². The van der Waals surface area contributed by atoms with Crippen LogP contribution in [0.3, 0.4) is 0 Å². The fourth-order valence-corrected chi connectivity index (χ4v) is 2.20. The SMILES string of the molecule is O=C(O)CCCCCNCc1nnc(-c2ccc(Br)cc2)o1. The topological polar surface area (TPSA) is 88.2 Å². The van der Waals surface area contributed by atoms with Crippen LogP contribution >= 0.6 is 15.9 Å². The van der Waals surface area contributed by atoms with Gasteiger partial charge in [-0.05, 0) is 43.7 Å². The second-order valence-electron chi connectivity index (χ2n) is 4.89. The Hall–Kier alpha value is -1.73. The van der Waals surface area contributed by atoms with Gasteiger partial charge in [0, 0.05) is 16.5 Å². The number of hydrogen-bond acceptors (Lipinski definition) is 5. The third kappa shape index (κ3) is 5.57. The number of nitrogens with zero attached hydrogens (tertiary/aromatic N) is 2. The lowest BCUT2D eigenvalue weighted by Gasteiger charge is -2.01. The normalized spacial score (nSPS) is 10.8. The van der Waals surface area contributed by atoms with Crippen LogP contribution in [0, 0.1) is 0 Å². The Labute approximate surface area is 137 Å². The molecule has 1 aromatic carbocycles. The van der Waals surface area contributed by atoms with Crippen molar-refractivity contribution < 1.29 is 14.3 Å². The highest BCUT2D eigenvalue weighted by Gasteiger charge is 2.07. The molecule has 22 heavy (non-hydrogen) atoms. The van der Waals surface area contributed by atoms with E-state index in [0.29, 0.717) is 24.7 Å². The van der Waals surface area contributed by atoms with E-state index in [1.807, 2.05) is 24.3 Å². The lowest BCUT2D eigenvalue weighted by Crippen LogP contribution is -2.15. The molecule has 0 spiro atoms. The molecule has 0 saturated heterocycles. The third-order valence-corrected chi connectivity index (χ3v) is 3.61. The van der Waals surface area contributed by atoms with E-state index in [9.17, 15) is 4.79 Å². The second-order valence-corrected chi connectivity index (χ2v) is 5.80. The number of carboxylic acid groups (broad SMARTS) is 1. The van der Waals surface area contributed by atoms with Gasteiger partial charge in [0.1, 0.15) is 0 Å². The molecule has 0 atom stereocenters. The van der Waals surface area contributed by atoms with Crippen molar-refractivity contribution in [1.82, 2.24) is 15.5 Å². The maximum Gasteiger partial charge on any atom is 0.303 e. The Morgan fingerprint density at radius 3 is 2.68 bits per heavy atom. The molecule has 1 aromatic heterocycles. The average Bonchev–Trinajstić information content (AvgIpc) is 2.95. The Kier molecular flexibility index (Phi) is 6.54. The number of benzene rings is 1. The molecular formula is C15H18BrN3O3. The van der Waals surface area contributed by atoms with Crippen molar-refractivity contribution in [2.24, 2.45) is 0 Å². The van der Waals surface area contributed by atoms with Crippen molar-refractivity contribution in [1.29, 1.82) is 0 Å². The predicted molar refractivity (Wildman–Crippen MR) is 85.2 cm³/mol. The first-order chi connectivity index (χ1) is 10.6. The van der Waals surface area contributed by atoms with Crippen LogP contribution in [-0.4, -0.2) is 27.8 Å². The van der Waals surface area contributed by atoms with Gasteiger partial charge in [-0.3, -0.25) is 4.79 Å². The zero-order valence-electron chi connectivity index (χ0n) is 12.1. The average molecular weight is 368 g/mol. The number of aromatic nitrogens is 2. The zero-order valence-corrected chi connectivity index (χ0v) is 13.7. The summed E-state index contributed by atoms with van der Waals surface area (Å²) in [4.78, 5) is 10.4. The fourth-order valence-electron chi connectivity index (χ4n) is 1.93. The van der Waals surface area contributed by atoms with E-state index >= 15 is 0 Å². The minimum Gasteiger partial charge on any atom is -0.481 e. The summed E-state index contributed by atoms with van der Waals surface area (Å²) < 4.78 is 6.59. The van der Waals surface area contributed by atoms with Crippen LogP contribution in [0.5, 0.6) is 0 Å². The summed E-state index contributed by atoms with van der Waals surface area (Å²) in [5, 5.41) is 19.8. The van der Waals surface area contributed by atoms with E-state index in [-0.39, 0.29) is 6.42 Å². The van der Waals surface area contributed by atoms with Crippen LogP contribution < -0.4 is 5.32 Å². The quantitative estimate of drug-likeness (QED) is 0.661.